The predicted molar refractivity (Wildman–Crippen MR) is 42.3 cm³/mol. The van der Waals surface area contributed by atoms with E-state index < -0.39 is 18.8 Å². The minimum absolute atomic E-state index is 0.00218. The van der Waals surface area contributed by atoms with Gasteiger partial charge in [0.25, 0.3) is 0 Å². The molecule has 0 heterocycles. The van der Waals surface area contributed by atoms with E-state index in [1.807, 2.05) is 0 Å². The van der Waals surface area contributed by atoms with Crippen LogP contribution in [0.1, 0.15) is 19.3 Å². The number of nitrogens with one attached hydrogen (secondary N) is 1. The van der Waals surface area contributed by atoms with Crippen LogP contribution < -0.4 is 5.32 Å². The molecular formula is C8H14F3NO. The van der Waals surface area contributed by atoms with E-state index in [0.29, 0.717) is 0 Å². The van der Waals surface area contributed by atoms with Crippen LogP contribution in [0.2, 0.25) is 0 Å². The molecule has 2 unspecified atom stereocenters. The first-order valence-corrected chi connectivity index (χ1v) is 4.44. The summed E-state index contributed by atoms with van der Waals surface area (Å²) in [6.07, 6.45) is -2.10. The lowest BCUT2D eigenvalue weighted by Crippen LogP contribution is -2.34. The molecule has 2 N–H and O–H groups in total. The Kier molecular flexibility index (Phi) is 3.55. The molecule has 0 radical (unpaired) electrons. The van der Waals surface area contributed by atoms with Crippen molar-refractivity contribution in [1.82, 2.24) is 5.32 Å². The molecule has 0 aromatic carbocycles. The summed E-state index contributed by atoms with van der Waals surface area (Å²) in [5.41, 5.74) is 0. The van der Waals surface area contributed by atoms with Gasteiger partial charge < -0.3 is 10.4 Å². The topological polar surface area (TPSA) is 32.3 Å². The van der Waals surface area contributed by atoms with E-state index in [9.17, 15) is 18.3 Å². The van der Waals surface area contributed by atoms with Crippen LogP contribution in [0.5, 0.6) is 0 Å². The second-order valence-corrected chi connectivity index (χ2v) is 3.50. The number of halogens is 3. The summed E-state index contributed by atoms with van der Waals surface area (Å²) >= 11 is 0. The van der Waals surface area contributed by atoms with Gasteiger partial charge in [-0.15, -0.1) is 0 Å². The average Bonchev–Trinajstić information content (AvgIpc) is 2.34. The summed E-state index contributed by atoms with van der Waals surface area (Å²) in [6, 6.07) is 0. The van der Waals surface area contributed by atoms with E-state index in [4.69, 9.17) is 0 Å². The van der Waals surface area contributed by atoms with Crippen LogP contribution >= 0.6 is 0 Å². The van der Waals surface area contributed by atoms with E-state index in [0.717, 1.165) is 19.3 Å². The Morgan fingerprint density at radius 2 is 2.00 bits per heavy atom. The van der Waals surface area contributed by atoms with Gasteiger partial charge in [-0.05, 0) is 18.8 Å². The molecule has 0 amide bonds. The lowest BCUT2D eigenvalue weighted by atomic mass is 10.1. The van der Waals surface area contributed by atoms with Crippen molar-refractivity contribution < 1.29 is 18.3 Å². The second-order valence-electron chi connectivity index (χ2n) is 3.50. The van der Waals surface area contributed by atoms with Crippen LogP contribution in [0.25, 0.3) is 0 Å². The van der Waals surface area contributed by atoms with Crippen LogP contribution in [0.3, 0.4) is 0 Å². The lowest BCUT2D eigenvalue weighted by molar-refractivity contribution is -0.125. The van der Waals surface area contributed by atoms with E-state index in [1.54, 1.807) is 0 Å². The van der Waals surface area contributed by atoms with E-state index in [-0.39, 0.29) is 12.5 Å². The normalized spacial score (nSPS) is 29.5. The predicted octanol–water partition coefficient (Wildman–Crippen LogP) is 1.30. The van der Waals surface area contributed by atoms with E-state index in [2.05, 4.69) is 5.32 Å². The number of hydrogen-bond acceptors (Lipinski definition) is 2. The summed E-state index contributed by atoms with van der Waals surface area (Å²) < 4.78 is 35.1. The van der Waals surface area contributed by atoms with Gasteiger partial charge in [-0.3, -0.25) is 0 Å². The summed E-state index contributed by atoms with van der Waals surface area (Å²) in [7, 11) is 0. The number of aliphatic hydroxyl groups is 1. The van der Waals surface area contributed by atoms with Crippen LogP contribution in [0, 0.1) is 5.92 Å². The van der Waals surface area contributed by atoms with Gasteiger partial charge in [0, 0.05) is 6.54 Å². The Bertz CT molecular complexity index is 160. The summed E-state index contributed by atoms with van der Waals surface area (Å²) in [6.45, 7) is -0.698. The molecular weight excluding hydrogens is 183 g/mol. The molecule has 0 bridgehead atoms. The zero-order chi connectivity index (χ0) is 9.90. The molecule has 1 fully saturated rings. The molecule has 13 heavy (non-hydrogen) atoms. The SMILES string of the molecule is OC1CCCC1CNCC(F)(F)F. The maximum Gasteiger partial charge on any atom is 0.401 e. The third-order valence-electron chi connectivity index (χ3n) is 2.35. The van der Waals surface area contributed by atoms with Gasteiger partial charge in [-0.2, -0.15) is 13.2 Å². The molecule has 2 nitrogen and oxygen atoms in total. The van der Waals surface area contributed by atoms with Gasteiger partial charge >= 0.3 is 6.18 Å². The lowest BCUT2D eigenvalue weighted by Gasteiger charge is -2.15. The zero-order valence-corrected chi connectivity index (χ0v) is 7.27. The molecule has 0 aromatic rings. The van der Waals surface area contributed by atoms with Gasteiger partial charge in [-0.1, -0.05) is 6.42 Å². The first-order chi connectivity index (χ1) is 5.99. The highest BCUT2D eigenvalue weighted by Crippen LogP contribution is 2.24. The monoisotopic (exact) mass is 197 g/mol. The fourth-order valence-corrected chi connectivity index (χ4v) is 1.65. The van der Waals surface area contributed by atoms with Crippen molar-refractivity contribution >= 4 is 0 Å². The molecule has 1 saturated carbocycles. The van der Waals surface area contributed by atoms with Crippen molar-refractivity contribution in [2.45, 2.75) is 31.5 Å². The molecule has 5 heteroatoms. The molecule has 0 aromatic heterocycles. The van der Waals surface area contributed by atoms with E-state index >= 15 is 0 Å². The second kappa shape index (κ2) is 4.28. The van der Waals surface area contributed by atoms with Gasteiger partial charge in [0.15, 0.2) is 0 Å². The molecule has 78 valence electrons. The highest BCUT2D eigenvalue weighted by atomic mass is 19.4. The first-order valence-electron chi connectivity index (χ1n) is 4.44. The third-order valence-corrected chi connectivity index (χ3v) is 2.35. The summed E-state index contributed by atoms with van der Waals surface area (Å²) in [4.78, 5) is 0. The maximum absolute atomic E-state index is 11.7. The Labute approximate surface area is 75.1 Å². The van der Waals surface area contributed by atoms with Crippen LogP contribution in [-0.4, -0.2) is 30.5 Å². The highest BCUT2D eigenvalue weighted by molar-refractivity contribution is 4.78. The molecule has 1 aliphatic rings. The zero-order valence-electron chi connectivity index (χ0n) is 7.27. The Balaban J connectivity index is 2.12. The molecule has 0 spiro atoms. The molecule has 1 aliphatic carbocycles. The minimum atomic E-state index is -4.15. The van der Waals surface area contributed by atoms with Gasteiger partial charge in [0.05, 0.1) is 12.6 Å². The smallest absolute Gasteiger partial charge is 0.393 e. The fraction of sp³-hybridized carbons (Fsp3) is 1.00. The van der Waals surface area contributed by atoms with Crippen LogP contribution in [0.4, 0.5) is 13.2 Å². The van der Waals surface area contributed by atoms with Crippen molar-refractivity contribution in [2.75, 3.05) is 13.1 Å². The average molecular weight is 197 g/mol. The van der Waals surface area contributed by atoms with Crippen LogP contribution in [0.15, 0.2) is 0 Å². The largest absolute Gasteiger partial charge is 0.401 e. The standard InChI is InChI=1S/C8H14F3NO/c9-8(10,11)5-12-4-6-2-1-3-7(6)13/h6-7,12-13H,1-5H2. The molecule has 2 atom stereocenters. The van der Waals surface area contributed by atoms with E-state index in [1.165, 1.54) is 0 Å². The first kappa shape index (κ1) is 10.8. The molecule has 0 saturated heterocycles. The van der Waals surface area contributed by atoms with Gasteiger partial charge in [0.2, 0.25) is 0 Å². The van der Waals surface area contributed by atoms with Gasteiger partial charge in [-0.25, -0.2) is 0 Å². The van der Waals surface area contributed by atoms with Crippen molar-refractivity contribution in [3.63, 3.8) is 0 Å². The minimum Gasteiger partial charge on any atom is -0.393 e. The summed E-state index contributed by atoms with van der Waals surface area (Å²) in [5.74, 6) is 0.00218. The van der Waals surface area contributed by atoms with Crippen molar-refractivity contribution in [1.29, 1.82) is 0 Å². The summed E-state index contributed by atoms with van der Waals surface area (Å²) in [5, 5.41) is 11.6. The number of alkyl halides is 3. The number of aliphatic hydroxyl groups excluding tert-OH is 1. The van der Waals surface area contributed by atoms with Crippen molar-refractivity contribution in [3.8, 4) is 0 Å². The van der Waals surface area contributed by atoms with Crippen molar-refractivity contribution in [3.05, 3.63) is 0 Å². The molecule has 1 rings (SSSR count). The third kappa shape index (κ3) is 3.95. The number of rotatable bonds is 3. The fourth-order valence-electron chi connectivity index (χ4n) is 1.65. The Hall–Kier alpha value is -0.290. The maximum atomic E-state index is 11.7. The Morgan fingerprint density at radius 3 is 2.46 bits per heavy atom. The Morgan fingerprint density at radius 1 is 1.31 bits per heavy atom. The highest BCUT2D eigenvalue weighted by Gasteiger charge is 2.29. The van der Waals surface area contributed by atoms with Crippen LogP contribution in [-0.2, 0) is 0 Å². The van der Waals surface area contributed by atoms with Gasteiger partial charge in [0.1, 0.15) is 0 Å². The number of hydrogen-bond donors (Lipinski definition) is 2. The quantitative estimate of drug-likeness (QED) is 0.714. The molecule has 0 aliphatic heterocycles. The van der Waals surface area contributed by atoms with Crippen molar-refractivity contribution in [2.24, 2.45) is 5.92 Å².